The van der Waals surface area contributed by atoms with Crippen molar-refractivity contribution < 1.29 is 19.5 Å². The number of ether oxygens (including phenoxy) is 2. The molecule has 106 valence electrons. The first-order valence-corrected chi connectivity index (χ1v) is 6.65. The molecule has 0 bridgehead atoms. The van der Waals surface area contributed by atoms with Crippen molar-refractivity contribution in [2.75, 3.05) is 7.11 Å². The van der Waals surface area contributed by atoms with Gasteiger partial charge in [0.2, 0.25) is 0 Å². The van der Waals surface area contributed by atoms with Crippen LogP contribution in [0.15, 0.2) is 29.6 Å². The van der Waals surface area contributed by atoms with Gasteiger partial charge >= 0.3 is 0 Å². The van der Waals surface area contributed by atoms with Gasteiger partial charge in [-0.15, -0.1) is 11.3 Å². The number of benzene rings is 1. The fourth-order valence-electron chi connectivity index (χ4n) is 1.70. The van der Waals surface area contributed by atoms with Crippen LogP contribution in [0.3, 0.4) is 0 Å². The Morgan fingerprint density at radius 3 is 2.75 bits per heavy atom. The number of nitro benzene ring substituents is 1. The molecule has 0 amide bonds. The second-order valence-corrected chi connectivity index (χ2v) is 4.95. The smallest absolute Gasteiger partial charge is 0.278 e. The van der Waals surface area contributed by atoms with Crippen LogP contribution in [0, 0.1) is 10.1 Å². The van der Waals surface area contributed by atoms with Crippen molar-refractivity contribution in [2.24, 2.45) is 0 Å². The maximum absolute atomic E-state index is 11.0. The van der Waals surface area contributed by atoms with E-state index in [1.54, 1.807) is 0 Å². The van der Waals surface area contributed by atoms with Crippen LogP contribution in [0.1, 0.15) is 10.4 Å². The second kappa shape index (κ2) is 6.36. The van der Waals surface area contributed by atoms with Gasteiger partial charge in [-0.25, -0.2) is 0 Å². The van der Waals surface area contributed by atoms with Crippen molar-refractivity contribution in [1.29, 1.82) is 0 Å². The molecular weight excluding hydrogens is 282 g/mol. The van der Waals surface area contributed by atoms with Crippen molar-refractivity contribution in [1.82, 2.24) is 0 Å². The SMILES string of the molecule is COc1cc(CO)c([N+](=O)[O-])cc1OCc1cccs1. The zero-order valence-corrected chi connectivity index (χ0v) is 11.6. The van der Waals surface area contributed by atoms with Crippen LogP contribution in [0.5, 0.6) is 11.5 Å². The van der Waals surface area contributed by atoms with E-state index in [2.05, 4.69) is 0 Å². The van der Waals surface area contributed by atoms with Gasteiger partial charge in [0, 0.05) is 4.88 Å². The van der Waals surface area contributed by atoms with Gasteiger partial charge in [-0.1, -0.05) is 6.07 Å². The number of hydrogen-bond donors (Lipinski definition) is 1. The molecule has 0 saturated carbocycles. The first kappa shape index (κ1) is 14.3. The van der Waals surface area contributed by atoms with Crippen molar-refractivity contribution in [3.63, 3.8) is 0 Å². The Kier molecular flexibility index (Phi) is 4.54. The lowest BCUT2D eigenvalue weighted by molar-refractivity contribution is -0.386. The van der Waals surface area contributed by atoms with Crippen LogP contribution in [0.2, 0.25) is 0 Å². The monoisotopic (exact) mass is 295 g/mol. The zero-order chi connectivity index (χ0) is 14.5. The Bertz CT molecular complexity index is 597. The highest BCUT2D eigenvalue weighted by atomic mass is 32.1. The number of nitro groups is 1. The highest BCUT2D eigenvalue weighted by Gasteiger charge is 2.19. The number of thiophene rings is 1. The molecule has 0 atom stereocenters. The van der Waals surface area contributed by atoms with E-state index in [0.29, 0.717) is 12.4 Å². The number of aliphatic hydroxyl groups is 1. The minimum Gasteiger partial charge on any atom is -0.493 e. The molecular formula is C13H13NO5S. The third-order valence-corrected chi connectivity index (χ3v) is 3.53. The lowest BCUT2D eigenvalue weighted by Crippen LogP contribution is -2.01. The molecule has 0 fully saturated rings. The standard InChI is InChI=1S/C13H13NO5S/c1-18-12-5-9(7-15)11(14(16)17)6-13(12)19-8-10-3-2-4-20-10/h2-6,15H,7-8H2,1H3. The molecule has 2 rings (SSSR count). The lowest BCUT2D eigenvalue weighted by Gasteiger charge is -2.11. The molecule has 0 aliphatic carbocycles. The number of rotatable bonds is 6. The lowest BCUT2D eigenvalue weighted by atomic mass is 10.1. The second-order valence-electron chi connectivity index (χ2n) is 3.92. The van der Waals surface area contributed by atoms with E-state index in [0.717, 1.165) is 4.88 Å². The summed E-state index contributed by atoms with van der Waals surface area (Å²) in [5.74, 6) is 0.640. The van der Waals surface area contributed by atoms with Crippen LogP contribution >= 0.6 is 11.3 Å². The number of methoxy groups -OCH3 is 1. The number of nitrogens with zero attached hydrogens (tertiary/aromatic N) is 1. The summed E-state index contributed by atoms with van der Waals surface area (Å²) in [7, 11) is 1.44. The number of aliphatic hydroxyl groups excluding tert-OH is 1. The molecule has 2 aromatic rings. The predicted molar refractivity (Wildman–Crippen MR) is 74.2 cm³/mol. The van der Waals surface area contributed by atoms with Gasteiger partial charge in [0.25, 0.3) is 5.69 Å². The maximum Gasteiger partial charge on any atom is 0.278 e. The molecule has 1 aromatic carbocycles. The molecule has 7 heteroatoms. The fourth-order valence-corrected chi connectivity index (χ4v) is 2.32. The van der Waals surface area contributed by atoms with Crippen LogP contribution < -0.4 is 9.47 Å². The highest BCUT2D eigenvalue weighted by Crippen LogP contribution is 2.35. The minimum atomic E-state index is -0.553. The van der Waals surface area contributed by atoms with Gasteiger partial charge < -0.3 is 14.6 Å². The average molecular weight is 295 g/mol. The van der Waals surface area contributed by atoms with Gasteiger partial charge in [-0.2, -0.15) is 0 Å². The Hall–Kier alpha value is -2.12. The summed E-state index contributed by atoms with van der Waals surface area (Å²) in [4.78, 5) is 11.4. The summed E-state index contributed by atoms with van der Waals surface area (Å²) in [5, 5.41) is 22.0. The summed E-state index contributed by atoms with van der Waals surface area (Å²) in [6.45, 7) is -0.123. The molecule has 1 heterocycles. The molecule has 0 unspecified atom stereocenters. The number of hydrogen-bond acceptors (Lipinski definition) is 6. The third kappa shape index (κ3) is 3.06. The Labute approximate surface area is 119 Å². The van der Waals surface area contributed by atoms with Gasteiger partial charge in [-0.3, -0.25) is 10.1 Å². The summed E-state index contributed by atoms with van der Waals surface area (Å²) in [5.41, 5.74) is 0.00445. The third-order valence-electron chi connectivity index (χ3n) is 2.68. The molecule has 0 radical (unpaired) electrons. The highest BCUT2D eigenvalue weighted by molar-refractivity contribution is 7.09. The van der Waals surface area contributed by atoms with E-state index < -0.39 is 11.5 Å². The van der Waals surface area contributed by atoms with E-state index >= 15 is 0 Å². The predicted octanol–water partition coefficient (Wildman–Crippen LogP) is 2.74. The van der Waals surface area contributed by atoms with Crippen LogP contribution in [-0.2, 0) is 13.2 Å². The summed E-state index contributed by atoms with van der Waals surface area (Å²) in [6.07, 6.45) is 0. The Morgan fingerprint density at radius 1 is 1.40 bits per heavy atom. The van der Waals surface area contributed by atoms with Gasteiger partial charge in [0.1, 0.15) is 6.61 Å². The first-order valence-electron chi connectivity index (χ1n) is 5.77. The average Bonchev–Trinajstić information content (AvgIpc) is 2.97. The van der Waals surface area contributed by atoms with Crippen molar-refractivity contribution >= 4 is 17.0 Å². The van der Waals surface area contributed by atoms with Gasteiger partial charge in [-0.05, 0) is 17.5 Å². The molecule has 1 N–H and O–H groups in total. The minimum absolute atomic E-state index is 0.186. The van der Waals surface area contributed by atoms with Crippen LogP contribution in [-0.4, -0.2) is 17.1 Å². The molecule has 1 aromatic heterocycles. The van der Waals surface area contributed by atoms with E-state index in [1.165, 1.54) is 30.6 Å². The Morgan fingerprint density at radius 2 is 2.20 bits per heavy atom. The van der Waals surface area contributed by atoms with Gasteiger partial charge in [0.15, 0.2) is 11.5 Å². The quantitative estimate of drug-likeness (QED) is 0.654. The summed E-state index contributed by atoms with van der Waals surface area (Å²) in [6, 6.07) is 6.51. The fraction of sp³-hybridized carbons (Fsp3) is 0.231. The zero-order valence-electron chi connectivity index (χ0n) is 10.7. The first-order chi connectivity index (χ1) is 9.65. The summed E-state index contributed by atoms with van der Waals surface area (Å²) >= 11 is 1.53. The molecule has 0 aliphatic rings. The normalized spacial score (nSPS) is 10.3. The summed E-state index contributed by atoms with van der Waals surface area (Å²) < 4.78 is 10.7. The van der Waals surface area contributed by atoms with E-state index in [4.69, 9.17) is 14.6 Å². The van der Waals surface area contributed by atoms with E-state index in [9.17, 15) is 10.1 Å². The Balaban J connectivity index is 2.30. The van der Waals surface area contributed by atoms with E-state index in [1.807, 2.05) is 17.5 Å². The molecule has 0 spiro atoms. The van der Waals surface area contributed by atoms with Crippen molar-refractivity contribution in [3.05, 3.63) is 50.2 Å². The molecule has 0 saturated heterocycles. The maximum atomic E-state index is 11.0. The molecule has 6 nitrogen and oxygen atoms in total. The topological polar surface area (TPSA) is 81.8 Å². The van der Waals surface area contributed by atoms with Crippen LogP contribution in [0.25, 0.3) is 0 Å². The van der Waals surface area contributed by atoms with E-state index in [-0.39, 0.29) is 17.0 Å². The van der Waals surface area contributed by atoms with Crippen LogP contribution in [0.4, 0.5) is 5.69 Å². The van der Waals surface area contributed by atoms with Crippen molar-refractivity contribution in [3.8, 4) is 11.5 Å². The van der Waals surface area contributed by atoms with Gasteiger partial charge in [0.05, 0.1) is 30.3 Å². The molecule has 0 aliphatic heterocycles. The van der Waals surface area contributed by atoms with Crippen molar-refractivity contribution in [2.45, 2.75) is 13.2 Å². The largest absolute Gasteiger partial charge is 0.493 e. The molecule has 20 heavy (non-hydrogen) atoms.